The van der Waals surface area contributed by atoms with Crippen molar-refractivity contribution >= 4 is 33.7 Å². The summed E-state index contributed by atoms with van der Waals surface area (Å²) in [5, 5.41) is 47.8. The quantitative estimate of drug-likeness (QED) is 0.134. The summed E-state index contributed by atoms with van der Waals surface area (Å²) in [5.74, 6) is 0.624. The van der Waals surface area contributed by atoms with Crippen LogP contribution in [0.25, 0.3) is 22.3 Å². The van der Waals surface area contributed by atoms with Gasteiger partial charge in [-0.1, -0.05) is 48.5 Å². The van der Waals surface area contributed by atoms with Crippen LogP contribution in [0.2, 0.25) is 0 Å². The highest BCUT2D eigenvalue weighted by molar-refractivity contribution is 6.31. The number of aromatic nitrogens is 1. The third kappa shape index (κ3) is 5.65. The van der Waals surface area contributed by atoms with Crippen molar-refractivity contribution in [2.24, 2.45) is 9.98 Å². The van der Waals surface area contributed by atoms with Crippen molar-refractivity contribution in [1.29, 1.82) is 0 Å². The molecule has 0 spiro atoms. The zero-order valence-corrected chi connectivity index (χ0v) is 28.0. The number of phenols is 4. The summed E-state index contributed by atoms with van der Waals surface area (Å²) in [6.45, 7) is 0. The molecule has 1 saturated heterocycles. The van der Waals surface area contributed by atoms with Crippen molar-refractivity contribution in [3.8, 4) is 23.0 Å². The summed E-state index contributed by atoms with van der Waals surface area (Å²) in [4.78, 5) is 14.2. The maximum Gasteiger partial charge on any atom is 0.116 e. The van der Waals surface area contributed by atoms with Crippen molar-refractivity contribution in [3.63, 3.8) is 0 Å². The number of nitrogens with one attached hydrogen (secondary N) is 2. The minimum absolute atomic E-state index is 0.125. The molecule has 1 aromatic heterocycles. The van der Waals surface area contributed by atoms with Crippen LogP contribution in [0, 0.1) is 0 Å². The van der Waals surface area contributed by atoms with Crippen molar-refractivity contribution in [3.05, 3.63) is 178 Å². The van der Waals surface area contributed by atoms with Crippen LogP contribution in [0.3, 0.4) is 0 Å². The molecule has 52 heavy (non-hydrogen) atoms. The van der Waals surface area contributed by atoms with Crippen LogP contribution >= 0.6 is 0 Å². The second kappa shape index (κ2) is 12.6. The van der Waals surface area contributed by atoms with E-state index in [1.165, 1.54) is 0 Å². The highest BCUT2D eigenvalue weighted by atomic mass is 16.3. The summed E-state index contributed by atoms with van der Waals surface area (Å²) in [6.07, 6.45) is 9.61. The summed E-state index contributed by atoms with van der Waals surface area (Å²) in [6, 6.07) is 32.6. The first-order chi connectivity index (χ1) is 25.4. The number of H-pyrrole nitrogens is 1. The van der Waals surface area contributed by atoms with Gasteiger partial charge in [0, 0.05) is 45.1 Å². The number of rotatable bonds is 4. The first-order valence-corrected chi connectivity index (χ1v) is 17.3. The van der Waals surface area contributed by atoms with Gasteiger partial charge in [-0.05, 0) is 120 Å². The van der Waals surface area contributed by atoms with E-state index in [0.29, 0.717) is 11.4 Å². The third-order valence-electron chi connectivity index (χ3n) is 10.00. The Kier molecular flexibility index (Phi) is 7.60. The molecule has 4 aliphatic heterocycles. The molecule has 4 aliphatic rings. The lowest BCUT2D eigenvalue weighted by molar-refractivity contribution is 0.474. The number of benzene rings is 4. The molecule has 0 amide bonds. The highest BCUT2D eigenvalue weighted by Crippen LogP contribution is 2.40. The Hall–Kier alpha value is -6.64. The van der Waals surface area contributed by atoms with Crippen molar-refractivity contribution in [1.82, 2.24) is 10.3 Å². The molecule has 1 fully saturated rings. The molecular weight excluding hydrogens is 649 g/mol. The molecule has 8 bridgehead atoms. The Labute approximate surface area is 299 Å². The van der Waals surface area contributed by atoms with E-state index in [2.05, 4.69) is 10.3 Å². The fourth-order valence-corrected chi connectivity index (χ4v) is 7.80. The van der Waals surface area contributed by atoms with Gasteiger partial charge in [0.2, 0.25) is 0 Å². The molecule has 8 nitrogen and oxygen atoms in total. The number of aliphatic imine (C=N–C) groups is 2. The van der Waals surface area contributed by atoms with Gasteiger partial charge in [0.15, 0.2) is 0 Å². The second-order valence-corrected chi connectivity index (χ2v) is 13.3. The summed E-state index contributed by atoms with van der Waals surface area (Å²) in [5.41, 5.74) is 9.81. The maximum atomic E-state index is 10.6. The van der Waals surface area contributed by atoms with Crippen LogP contribution in [0.4, 0.5) is 0 Å². The molecule has 8 heteroatoms. The van der Waals surface area contributed by atoms with Crippen LogP contribution < -0.4 is 16.0 Å². The molecule has 0 radical (unpaired) electrons. The second-order valence-electron chi connectivity index (χ2n) is 13.3. The topological polar surface area (TPSA) is 133 Å². The largest absolute Gasteiger partial charge is 0.508 e. The van der Waals surface area contributed by atoms with Crippen LogP contribution in [0.15, 0.2) is 155 Å². The van der Waals surface area contributed by atoms with Crippen LogP contribution in [0.1, 0.15) is 35.1 Å². The Balaban J connectivity index is 1.39. The van der Waals surface area contributed by atoms with E-state index >= 15 is 0 Å². The van der Waals surface area contributed by atoms with Crippen molar-refractivity contribution < 1.29 is 20.4 Å². The average Bonchev–Trinajstić information content (AvgIpc) is 3.96. The normalized spacial score (nSPS) is 19.5. The smallest absolute Gasteiger partial charge is 0.116 e. The fraction of sp³-hybridized carbons (Fsp3) is 0.0909. The monoisotopic (exact) mass is 682 g/mol. The molecule has 2 atom stereocenters. The minimum Gasteiger partial charge on any atom is -0.508 e. The van der Waals surface area contributed by atoms with E-state index in [9.17, 15) is 20.4 Å². The Morgan fingerprint density at radius 2 is 0.846 bits per heavy atom. The van der Waals surface area contributed by atoms with Crippen LogP contribution in [0.5, 0.6) is 23.0 Å². The van der Waals surface area contributed by atoms with Gasteiger partial charge in [-0.25, -0.2) is 9.98 Å². The number of aromatic amines is 1. The van der Waals surface area contributed by atoms with E-state index in [0.717, 1.165) is 79.5 Å². The van der Waals surface area contributed by atoms with Gasteiger partial charge in [-0.2, -0.15) is 0 Å². The van der Waals surface area contributed by atoms with Crippen molar-refractivity contribution in [2.75, 3.05) is 0 Å². The number of allylic oxidation sites excluding steroid dienone is 4. The molecule has 9 rings (SSSR count). The van der Waals surface area contributed by atoms with E-state index in [4.69, 9.17) is 9.98 Å². The molecule has 6 N–H and O–H groups in total. The van der Waals surface area contributed by atoms with Gasteiger partial charge in [0.25, 0.3) is 0 Å². The zero-order valence-electron chi connectivity index (χ0n) is 28.0. The molecule has 5 aromatic rings. The molecule has 5 heterocycles. The average molecular weight is 683 g/mol. The number of hydrogen-bond donors (Lipinski definition) is 6. The van der Waals surface area contributed by atoms with Gasteiger partial charge in [0.05, 0.1) is 22.8 Å². The van der Waals surface area contributed by atoms with Crippen LogP contribution in [-0.2, 0) is 0 Å². The summed E-state index contributed by atoms with van der Waals surface area (Å²) < 4.78 is 0. The minimum atomic E-state index is -0.125. The predicted octanol–water partition coefficient (Wildman–Crippen LogP) is 6.21. The SMILES string of the molecule is Oc1cccc(C2=C3C=CC(=N3)C(c3cccc(O)c3)=c3ccc([nH]3)=C(c3cccc(O)c3)C3=NC(=C(c4cccc(O)c4)C4CCC2N4)C=C3)c1. The van der Waals surface area contributed by atoms with Crippen LogP contribution in [-0.4, -0.2) is 48.9 Å². The number of fused-ring (bicyclic) bond motifs is 6. The third-order valence-corrected chi connectivity index (χ3v) is 10.00. The molecular formula is C44H34N4O4. The Morgan fingerprint density at radius 1 is 0.462 bits per heavy atom. The molecule has 254 valence electrons. The number of aromatic hydroxyl groups is 4. The summed E-state index contributed by atoms with van der Waals surface area (Å²) in [7, 11) is 0. The highest BCUT2D eigenvalue weighted by Gasteiger charge is 2.34. The number of hydrogen-bond acceptors (Lipinski definition) is 7. The molecule has 0 saturated carbocycles. The lowest BCUT2D eigenvalue weighted by Crippen LogP contribution is -2.32. The van der Waals surface area contributed by atoms with Gasteiger partial charge in [-0.3, -0.25) is 0 Å². The van der Waals surface area contributed by atoms with Crippen molar-refractivity contribution in [2.45, 2.75) is 24.9 Å². The number of nitrogens with zero attached hydrogens (tertiary/aromatic N) is 2. The Morgan fingerprint density at radius 3 is 1.25 bits per heavy atom. The van der Waals surface area contributed by atoms with Gasteiger partial charge in [0.1, 0.15) is 23.0 Å². The fourth-order valence-electron chi connectivity index (χ4n) is 7.80. The van der Waals surface area contributed by atoms with E-state index < -0.39 is 0 Å². The summed E-state index contributed by atoms with van der Waals surface area (Å²) >= 11 is 0. The first kappa shape index (κ1) is 31.3. The van der Waals surface area contributed by atoms with E-state index in [1.54, 1.807) is 48.5 Å². The molecule has 0 aliphatic carbocycles. The predicted molar refractivity (Wildman–Crippen MR) is 204 cm³/mol. The first-order valence-electron chi connectivity index (χ1n) is 17.3. The maximum absolute atomic E-state index is 10.6. The van der Waals surface area contributed by atoms with Gasteiger partial charge >= 0.3 is 0 Å². The van der Waals surface area contributed by atoms with Gasteiger partial charge < -0.3 is 30.7 Å². The standard InChI is InChI=1S/C44H34N4O4/c49-29-9-1-5-25(21-29)41-33-13-15-35(45-33)42(26-6-2-10-30(50)22-26)37-17-19-39(47-37)44(28-8-4-12-32(52)24-28)40-20-18-38(48-40)43(36-16-14-34(41)46-36)27-7-3-11-31(51)23-27/h1-17,19,21-24,38,40,45,48-52H,18,20H2. The van der Waals surface area contributed by atoms with Gasteiger partial charge in [-0.15, -0.1) is 0 Å². The lowest BCUT2D eigenvalue weighted by Gasteiger charge is -2.22. The molecule has 4 aromatic carbocycles. The molecule has 2 unspecified atom stereocenters. The Bertz CT molecular complexity index is 2440. The zero-order chi connectivity index (χ0) is 35.3. The van der Waals surface area contributed by atoms with E-state index in [1.807, 2.05) is 85.0 Å². The number of phenolic OH excluding ortho intramolecular Hbond substituents is 4. The lowest BCUT2D eigenvalue weighted by atomic mass is 9.94. The van der Waals surface area contributed by atoms with E-state index in [-0.39, 0.29) is 35.1 Å².